The molecular weight excluding hydrogens is 436 g/mol. The molecule has 2 aliphatic rings. The molecule has 180 valence electrons. The lowest BCUT2D eigenvalue weighted by Gasteiger charge is -2.29. The third-order valence-electron chi connectivity index (χ3n) is 7.10. The number of ether oxygens (including phenoxy) is 2. The van der Waals surface area contributed by atoms with Crippen LogP contribution >= 0.6 is 0 Å². The predicted molar refractivity (Wildman–Crippen MR) is 138 cm³/mol. The summed E-state index contributed by atoms with van der Waals surface area (Å²) < 4.78 is 11.7. The number of aromatic nitrogens is 3. The molecule has 1 aromatic carbocycles. The van der Waals surface area contributed by atoms with E-state index < -0.39 is 0 Å². The zero-order chi connectivity index (χ0) is 23.5. The molecule has 1 aliphatic heterocycles. The molecule has 6 heteroatoms. The Morgan fingerprint density at radius 1 is 0.971 bits per heavy atom. The molecule has 1 aliphatic carbocycles. The Balaban J connectivity index is 1.25. The van der Waals surface area contributed by atoms with Crippen molar-refractivity contribution in [1.82, 2.24) is 15.0 Å². The normalized spacial score (nSPS) is 15.8. The second-order valence-electron chi connectivity index (χ2n) is 9.52. The average Bonchev–Trinajstić information content (AvgIpc) is 3.28. The van der Waals surface area contributed by atoms with Crippen molar-refractivity contribution in [3.05, 3.63) is 82.9 Å². The number of nitrogens with zero attached hydrogens (tertiary/aromatic N) is 3. The van der Waals surface area contributed by atoms with Gasteiger partial charge in [-0.1, -0.05) is 12.1 Å². The lowest BCUT2D eigenvalue weighted by Crippen LogP contribution is -2.36. The highest BCUT2D eigenvalue weighted by molar-refractivity contribution is 5.85. The van der Waals surface area contributed by atoms with Gasteiger partial charge in [-0.3, -0.25) is 4.98 Å². The van der Waals surface area contributed by atoms with E-state index in [0.717, 1.165) is 56.2 Å². The van der Waals surface area contributed by atoms with Crippen LogP contribution in [0.2, 0.25) is 0 Å². The van der Waals surface area contributed by atoms with E-state index in [1.165, 1.54) is 53.4 Å². The smallest absolute Gasteiger partial charge is 0.215 e. The van der Waals surface area contributed by atoms with Crippen molar-refractivity contribution in [3.63, 3.8) is 0 Å². The number of benzene rings is 1. The number of fused-ring (bicyclic) bond motifs is 3. The fourth-order valence-electron chi connectivity index (χ4n) is 5.29. The van der Waals surface area contributed by atoms with E-state index >= 15 is 0 Å². The van der Waals surface area contributed by atoms with Gasteiger partial charge in [0.25, 0.3) is 0 Å². The number of hydrogen-bond donors (Lipinski definition) is 1. The minimum atomic E-state index is 0.553. The summed E-state index contributed by atoms with van der Waals surface area (Å²) in [5, 5.41) is 1.38. The third kappa shape index (κ3) is 5.03. The van der Waals surface area contributed by atoms with E-state index in [4.69, 9.17) is 14.5 Å². The quantitative estimate of drug-likeness (QED) is 0.419. The molecule has 4 aromatic rings. The molecule has 6 nitrogen and oxygen atoms in total. The fraction of sp³-hybridized carbons (Fsp3) is 0.379. The van der Waals surface area contributed by atoms with Crippen molar-refractivity contribution < 1.29 is 9.47 Å². The Hall–Kier alpha value is -3.38. The van der Waals surface area contributed by atoms with Crippen molar-refractivity contribution in [2.45, 2.75) is 38.5 Å². The number of morpholine rings is 1. The van der Waals surface area contributed by atoms with Crippen LogP contribution in [0.1, 0.15) is 41.1 Å². The molecule has 0 saturated carbocycles. The fourth-order valence-corrected chi connectivity index (χ4v) is 5.29. The molecule has 4 heterocycles. The lowest BCUT2D eigenvalue weighted by atomic mass is 9.95. The molecule has 0 amide bonds. The summed E-state index contributed by atoms with van der Waals surface area (Å²) in [7, 11) is 0. The largest absolute Gasteiger partial charge is 0.477 e. The van der Waals surface area contributed by atoms with Gasteiger partial charge in [0.2, 0.25) is 5.88 Å². The molecule has 6 rings (SSSR count). The van der Waals surface area contributed by atoms with Crippen LogP contribution in [0, 0.1) is 0 Å². The topological polar surface area (TPSA) is 63.3 Å². The van der Waals surface area contributed by atoms with Crippen molar-refractivity contribution in [2.24, 2.45) is 0 Å². The lowest BCUT2D eigenvalue weighted by molar-refractivity contribution is 0.122. The Labute approximate surface area is 206 Å². The number of rotatable bonds is 7. The van der Waals surface area contributed by atoms with Crippen molar-refractivity contribution >= 4 is 16.6 Å². The highest BCUT2D eigenvalue weighted by atomic mass is 16.5. The second kappa shape index (κ2) is 10.1. The molecule has 0 spiro atoms. The van der Waals surface area contributed by atoms with E-state index in [1.54, 1.807) is 0 Å². The summed E-state index contributed by atoms with van der Waals surface area (Å²) in [5.74, 6) is 0.681. The number of aryl methyl sites for hydroxylation is 2. The van der Waals surface area contributed by atoms with E-state index in [-0.39, 0.29) is 0 Å². The molecule has 0 bridgehead atoms. The maximum Gasteiger partial charge on any atom is 0.215 e. The van der Waals surface area contributed by atoms with Crippen LogP contribution < -0.4 is 9.64 Å². The Bertz CT molecular complexity index is 1300. The number of nitrogens with one attached hydrogen (secondary N) is 1. The SMILES string of the molecule is c1ccc(CCOc2cc(N3CCOCC3)cc(Cc3ccc4[nH]c5c(c4c3)CCCC5)n2)nc1. The highest BCUT2D eigenvalue weighted by Gasteiger charge is 2.17. The molecule has 1 N–H and O–H groups in total. The first kappa shape index (κ1) is 22.1. The minimum absolute atomic E-state index is 0.553. The van der Waals surface area contributed by atoms with Crippen LogP contribution in [0.3, 0.4) is 0 Å². The van der Waals surface area contributed by atoms with E-state index in [9.17, 15) is 0 Å². The second-order valence-corrected chi connectivity index (χ2v) is 9.52. The summed E-state index contributed by atoms with van der Waals surface area (Å²) >= 11 is 0. The van der Waals surface area contributed by atoms with Crippen molar-refractivity contribution in [2.75, 3.05) is 37.8 Å². The van der Waals surface area contributed by atoms with Crippen LogP contribution in [0.15, 0.2) is 54.7 Å². The number of anilines is 1. The summed E-state index contributed by atoms with van der Waals surface area (Å²) in [6, 6.07) is 17.1. The standard InChI is InChI=1S/C29H32N4O2/c1-2-7-27-25(6-1)26-18-21(8-9-28(26)32-27)17-23-19-24(33-12-15-34-16-13-33)20-29(31-23)35-14-10-22-5-3-4-11-30-22/h3-5,8-9,11,18-20,32H,1-2,6-7,10,12-17H2. The van der Waals surface area contributed by atoms with E-state index in [0.29, 0.717) is 12.5 Å². The van der Waals surface area contributed by atoms with Crippen LogP contribution in [0.25, 0.3) is 10.9 Å². The number of aromatic amines is 1. The number of hydrogen-bond acceptors (Lipinski definition) is 5. The van der Waals surface area contributed by atoms with Gasteiger partial charge in [0.05, 0.1) is 25.5 Å². The van der Waals surface area contributed by atoms with Gasteiger partial charge in [-0.2, -0.15) is 0 Å². The molecule has 0 radical (unpaired) electrons. The van der Waals surface area contributed by atoms with Crippen LogP contribution in [0.5, 0.6) is 5.88 Å². The summed E-state index contributed by atoms with van der Waals surface area (Å²) in [6.45, 7) is 3.83. The van der Waals surface area contributed by atoms with Gasteiger partial charge in [-0.05, 0) is 67.1 Å². The van der Waals surface area contributed by atoms with Gasteiger partial charge in [-0.25, -0.2) is 4.98 Å². The highest BCUT2D eigenvalue weighted by Crippen LogP contribution is 2.31. The number of pyridine rings is 2. The van der Waals surface area contributed by atoms with Gasteiger partial charge >= 0.3 is 0 Å². The first-order valence-corrected chi connectivity index (χ1v) is 12.8. The van der Waals surface area contributed by atoms with E-state index in [1.807, 2.05) is 24.4 Å². The molecule has 35 heavy (non-hydrogen) atoms. The number of H-pyrrole nitrogens is 1. The van der Waals surface area contributed by atoms with E-state index in [2.05, 4.69) is 45.2 Å². The van der Waals surface area contributed by atoms with Gasteiger partial charge in [0.1, 0.15) is 0 Å². The molecule has 1 saturated heterocycles. The summed E-state index contributed by atoms with van der Waals surface area (Å²) in [6.07, 6.45) is 8.28. The van der Waals surface area contributed by atoms with Gasteiger partial charge in [0, 0.05) is 66.2 Å². The molecule has 0 unspecified atom stereocenters. The maximum atomic E-state index is 6.14. The zero-order valence-corrected chi connectivity index (χ0v) is 20.1. The van der Waals surface area contributed by atoms with Gasteiger partial charge in [0.15, 0.2) is 0 Å². The molecule has 3 aromatic heterocycles. The predicted octanol–water partition coefficient (Wildman–Crippen LogP) is 4.89. The van der Waals surface area contributed by atoms with Gasteiger partial charge < -0.3 is 19.4 Å². The molecule has 0 atom stereocenters. The van der Waals surface area contributed by atoms with Crippen LogP contribution in [0.4, 0.5) is 5.69 Å². The van der Waals surface area contributed by atoms with Crippen molar-refractivity contribution in [3.8, 4) is 5.88 Å². The maximum absolute atomic E-state index is 6.14. The Morgan fingerprint density at radius 3 is 2.77 bits per heavy atom. The summed E-state index contributed by atoms with van der Waals surface area (Å²) in [5.41, 5.74) is 8.71. The molecular formula is C29H32N4O2. The molecule has 1 fully saturated rings. The Morgan fingerprint density at radius 2 is 1.89 bits per heavy atom. The summed E-state index contributed by atoms with van der Waals surface area (Å²) in [4.78, 5) is 15.3. The van der Waals surface area contributed by atoms with Crippen LogP contribution in [-0.4, -0.2) is 47.9 Å². The first-order chi connectivity index (χ1) is 17.3. The zero-order valence-electron chi connectivity index (χ0n) is 20.1. The monoisotopic (exact) mass is 468 g/mol. The van der Waals surface area contributed by atoms with Crippen LogP contribution in [-0.2, 0) is 30.4 Å². The average molecular weight is 469 g/mol. The first-order valence-electron chi connectivity index (χ1n) is 12.8. The van der Waals surface area contributed by atoms with Crippen molar-refractivity contribution in [1.29, 1.82) is 0 Å². The third-order valence-corrected chi connectivity index (χ3v) is 7.10. The minimum Gasteiger partial charge on any atom is -0.477 e. The Kier molecular flexibility index (Phi) is 6.37. The van der Waals surface area contributed by atoms with Gasteiger partial charge in [-0.15, -0.1) is 0 Å².